The van der Waals surface area contributed by atoms with Gasteiger partial charge in [-0.1, -0.05) is 0 Å². The van der Waals surface area contributed by atoms with E-state index in [2.05, 4.69) is 24.1 Å². The summed E-state index contributed by atoms with van der Waals surface area (Å²) in [6.45, 7) is 6.14. The first-order valence-electron chi connectivity index (χ1n) is 9.28. The number of hydrogen-bond acceptors (Lipinski definition) is 3. The van der Waals surface area contributed by atoms with Crippen molar-refractivity contribution < 1.29 is 9.18 Å². The van der Waals surface area contributed by atoms with Crippen LogP contribution in [0, 0.1) is 11.7 Å². The minimum Gasteiger partial charge on any atom is -0.363 e. The molecule has 4 rings (SSSR count). The number of anilines is 1. The second-order valence-electron chi connectivity index (χ2n) is 8.13. The summed E-state index contributed by atoms with van der Waals surface area (Å²) in [6, 6.07) is 9.29. The summed E-state index contributed by atoms with van der Waals surface area (Å²) in [5.74, 6) is 0.506. The number of benzene rings is 1. The van der Waals surface area contributed by atoms with Crippen LogP contribution in [0.5, 0.6) is 0 Å². The molecule has 5 heteroatoms. The number of hydrogen-bond donors (Lipinski definition) is 0. The first-order valence-corrected chi connectivity index (χ1v) is 10.2. The summed E-state index contributed by atoms with van der Waals surface area (Å²) < 4.78 is 13.3. The normalized spacial score (nSPS) is 24.6. The molecule has 3 heterocycles. The van der Waals surface area contributed by atoms with E-state index in [0.29, 0.717) is 18.4 Å². The predicted octanol–water partition coefficient (Wildman–Crippen LogP) is 4.34. The molecule has 1 aromatic heterocycles. The summed E-state index contributed by atoms with van der Waals surface area (Å²) in [4.78, 5) is 17.2. The SMILES string of the molecule is CC1(C)C[C@@H]2CN(C(=O)Cc3ccsc3)CC[C@@H]2N1c1ccc(F)cc1. The standard InChI is InChI=1S/C21H25FN2OS/c1-21(2)12-16-13-23(20(25)11-15-8-10-26-14-15)9-7-19(16)24(21)18-5-3-17(22)4-6-18/h3-6,8,10,14,16,19H,7,9,11-13H2,1-2H3/t16-,19+/m1/s1. The number of fused-ring (bicyclic) bond motifs is 1. The summed E-state index contributed by atoms with van der Waals surface area (Å²) in [5.41, 5.74) is 2.21. The molecular weight excluding hydrogens is 347 g/mol. The highest BCUT2D eigenvalue weighted by Crippen LogP contribution is 2.44. The van der Waals surface area contributed by atoms with Crippen LogP contribution in [-0.2, 0) is 11.2 Å². The van der Waals surface area contributed by atoms with Gasteiger partial charge in [-0.15, -0.1) is 0 Å². The van der Waals surface area contributed by atoms with E-state index in [9.17, 15) is 9.18 Å². The molecule has 2 aromatic rings. The third-order valence-electron chi connectivity index (χ3n) is 5.83. The molecule has 2 saturated heterocycles. The van der Waals surface area contributed by atoms with Crippen molar-refractivity contribution in [1.82, 2.24) is 4.90 Å². The summed E-state index contributed by atoms with van der Waals surface area (Å²) in [7, 11) is 0. The highest BCUT2D eigenvalue weighted by molar-refractivity contribution is 7.08. The number of rotatable bonds is 3. The molecule has 2 aliphatic heterocycles. The molecule has 0 bridgehead atoms. The Labute approximate surface area is 158 Å². The molecule has 3 nitrogen and oxygen atoms in total. The summed E-state index contributed by atoms with van der Waals surface area (Å²) in [6.07, 6.45) is 2.53. The second kappa shape index (κ2) is 6.69. The van der Waals surface area contributed by atoms with Gasteiger partial charge in [0.1, 0.15) is 5.82 Å². The topological polar surface area (TPSA) is 23.6 Å². The average molecular weight is 373 g/mol. The monoisotopic (exact) mass is 372 g/mol. The Morgan fingerprint density at radius 1 is 1.27 bits per heavy atom. The number of halogens is 1. The van der Waals surface area contributed by atoms with Gasteiger partial charge in [-0.2, -0.15) is 11.3 Å². The van der Waals surface area contributed by atoms with Gasteiger partial charge < -0.3 is 9.80 Å². The van der Waals surface area contributed by atoms with Crippen molar-refractivity contribution in [2.75, 3.05) is 18.0 Å². The molecule has 2 fully saturated rings. The Morgan fingerprint density at radius 3 is 2.73 bits per heavy atom. The van der Waals surface area contributed by atoms with Crippen molar-refractivity contribution in [2.45, 2.75) is 44.7 Å². The lowest BCUT2D eigenvalue weighted by molar-refractivity contribution is -0.132. The zero-order chi connectivity index (χ0) is 18.3. The largest absolute Gasteiger partial charge is 0.363 e. The molecule has 1 amide bonds. The highest BCUT2D eigenvalue weighted by Gasteiger charge is 2.48. The first kappa shape index (κ1) is 17.5. The van der Waals surface area contributed by atoms with Crippen LogP contribution in [0.25, 0.3) is 0 Å². The van der Waals surface area contributed by atoms with Gasteiger partial charge in [0.05, 0.1) is 6.42 Å². The summed E-state index contributed by atoms with van der Waals surface area (Å²) in [5, 5.41) is 4.08. The van der Waals surface area contributed by atoms with Crippen molar-refractivity contribution in [3.8, 4) is 0 Å². The highest BCUT2D eigenvalue weighted by atomic mass is 32.1. The van der Waals surface area contributed by atoms with Crippen LogP contribution in [0.2, 0.25) is 0 Å². The molecular formula is C21H25FN2OS. The molecule has 0 N–H and O–H groups in total. The lowest BCUT2D eigenvalue weighted by Crippen LogP contribution is -2.50. The smallest absolute Gasteiger partial charge is 0.227 e. The Morgan fingerprint density at radius 2 is 2.04 bits per heavy atom. The molecule has 138 valence electrons. The number of piperidine rings is 1. The lowest BCUT2D eigenvalue weighted by Gasteiger charge is -2.42. The third kappa shape index (κ3) is 3.25. The van der Waals surface area contributed by atoms with Crippen molar-refractivity contribution in [1.29, 1.82) is 0 Å². The molecule has 0 aliphatic carbocycles. The first-order chi connectivity index (χ1) is 12.4. The van der Waals surface area contributed by atoms with Crippen LogP contribution in [0.4, 0.5) is 10.1 Å². The van der Waals surface area contributed by atoms with Crippen LogP contribution in [-0.4, -0.2) is 35.5 Å². The zero-order valence-electron chi connectivity index (χ0n) is 15.3. The van der Waals surface area contributed by atoms with Gasteiger partial charge in [0.15, 0.2) is 0 Å². The maximum absolute atomic E-state index is 13.3. The van der Waals surface area contributed by atoms with Gasteiger partial charge in [0, 0.05) is 30.4 Å². The van der Waals surface area contributed by atoms with Crippen LogP contribution in [0.15, 0.2) is 41.1 Å². The number of thiophene rings is 1. The molecule has 26 heavy (non-hydrogen) atoms. The number of amides is 1. The summed E-state index contributed by atoms with van der Waals surface area (Å²) >= 11 is 1.64. The molecule has 0 unspecified atom stereocenters. The molecule has 2 atom stereocenters. The fourth-order valence-corrected chi connectivity index (χ4v) is 5.47. The number of nitrogens with zero attached hydrogens (tertiary/aromatic N) is 2. The van der Waals surface area contributed by atoms with Gasteiger partial charge in [-0.05, 0) is 79.3 Å². The van der Waals surface area contributed by atoms with E-state index < -0.39 is 0 Å². The second-order valence-corrected chi connectivity index (χ2v) is 8.91. The Hall–Kier alpha value is -1.88. The molecule has 2 aliphatic rings. The number of carbonyl (C=O) groups excluding carboxylic acids is 1. The van der Waals surface area contributed by atoms with E-state index in [0.717, 1.165) is 37.2 Å². The van der Waals surface area contributed by atoms with E-state index in [-0.39, 0.29) is 17.3 Å². The van der Waals surface area contributed by atoms with Gasteiger partial charge in [0.2, 0.25) is 5.91 Å². The van der Waals surface area contributed by atoms with Crippen molar-refractivity contribution in [2.24, 2.45) is 5.92 Å². The van der Waals surface area contributed by atoms with Gasteiger partial charge in [0.25, 0.3) is 0 Å². The Bertz CT molecular complexity index is 772. The number of carbonyl (C=O) groups is 1. The fraction of sp³-hybridized carbons (Fsp3) is 0.476. The minimum atomic E-state index is -0.198. The van der Waals surface area contributed by atoms with Crippen molar-refractivity contribution >= 4 is 22.9 Å². The Kier molecular flexibility index (Phi) is 4.51. The molecule has 0 saturated carbocycles. The minimum absolute atomic E-state index is 0.0135. The molecule has 1 aromatic carbocycles. The molecule has 0 radical (unpaired) electrons. The van der Waals surface area contributed by atoms with E-state index in [4.69, 9.17) is 0 Å². The van der Waals surface area contributed by atoms with E-state index in [1.165, 1.54) is 12.1 Å². The van der Waals surface area contributed by atoms with Gasteiger partial charge >= 0.3 is 0 Å². The van der Waals surface area contributed by atoms with E-state index in [1.807, 2.05) is 28.5 Å². The molecule has 0 spiro atoms. The van der Waals surface area contributed by atoms with Gasteiger partial charge in [-0.3, -0.25) is 4.79 Å². The predicted molar refractivity (Wildman–Crippen MR) is 104 cm³/mol. The fourth-order valence-electron chi connectivity index (χ4n) is 4.80. The lowest BCUT2D eigenvalue weighted by atomic mass is 9.89. The number of likely N-dealkylation sites (tertiary alicyclic amines) is 1. The van der Waals surface area contributed by atoms with Crippen molar-refractivity contribution in [3.05, 3.63) is 52.5 Å². The maximum atomic E-state index is 13.3. The van der Waals surface area contributed by atoms with Gasteiger partial charge in [-0.25, -0.2) is 4.39 Å². The van der Waals surface area contributed by atoms with Crippen LogP contribution in [0.1, 0.15) is 32.3 Å². The third-order valence-corrected chi connectivity index (χ3v) is 6.56. The van der Waals surface area contributed by atoms with Crippen molar-refractivity contribution in [3.63, 3.8) is 0 Å². The van der Waals surface area contributed by atoms with E-state index in [1.54, 1.807) is 11.3 Å². The average Bonchev–Trinajstić information content (AvgIpc) is 3.19. The van der Waals surface area contributed by atoms with Crippen LogP contribution >= 0.6 is 11.3 Å². The Balaban J connectivity index is 1.49. The quantitative estimate of drug-likeness (QED) is 0.800. The van der Waals surface area contributed by atoms with Crippen LogP contribution in [0.3, 0.4) is 0 Å². The van der Waals surface area contributed by atoms with E-state index >= 15 is 0 Å². The van der Waals surface area contributed by atoms with Crippen LogP contribution < -0.4 is 4.90 Å². The zero-order valence-corrected chi connectivity index (χ0v) is 16.1. The maximum Gasteiger partial charge on any atom is 0.227 e.